The average Bonchev–Trinajstić information content (AvgIpc) is 2.57. The highest BCUT2D eigenvalue weighted by Crippen LogP contribution is 2.35. The van der Waals surface area contributed by atoms with Gasteiger partial charge in [-0.1, -0.05) is 6.07 Å². The smallest absolute Gasteiger partial charge is 0.308 e. The van der Waals surface area contributed by atoms with Crippen LogP contribution in [0.1, 0.15) is 18.6 Å². The van der Waals surface area contributed by atoms with E-state index in [2.05, 4.69) is 0 Å². The topological polar surface area (TPSA) is 68.5 Å². The Hall–Kier alpha value is -2.30. The van der Waals surface area contributed by atoms with Crippen molar-refractivity contribution < 1.29 is 19.4 Å². The van der Waals surface area contributed by atoms with Gasteiger partial charge >= 0.3 is 5.97 Å². The number of nitrogens with zero attached hydrogens (tertiary/aromatic N) is 1. The van der Waals surface area contributed by atoms with Crippen LogP contribution in [0.15, 0.2) is 24.4 Å². The fraction of sp³-hybridized carbons (Fsp3) is 0.167. The molecule has 0 atom stereocenters. The van der Waals surface area contributed by atoms with E-state index in [9.17, 15) is 14.7 Å². The summed E-state index contributed by atoms with van der Waals surface area (Å²) in [7, 11) is 0. The second-order valence-electron chi connectivity index (χ2n) is 3.65. The lowest BCUT2D eigenvalue weighted by Gasteiger charge is -2.00. The van der Waals surface area contributed by atoms with Gasteiger partial charge in [-0.25, -0.2) is 0 Å². The number of phenols is 1. The molecule has 1 heterocycles. The van der Waals surface area contributed by atoms with Gasteiger partial charge in [0.05, 0.1) is 17.1 Å². The van der Waals surface area contributed by atoms with Gasteiger partial charge < -0.3 is 9.84 Å². The van der Waals surface area contributed by atoms with Gasteiger partial charge in [-0.15, -0.1) is 0 Å². The molecule has 0 aliphatic rings. The first-order chi connectivity index (χ1) is 8.00. The summed E-state index contributed by atoms with van der Waals surface area (Å²) in [5.74, 6) is -0.575. The number of carbonyl (C=O) groups is 2. The third-order valence-corrected chi connectivity index (χ3v) is 2.37. The number of esters is 1. The van der Waals surface area contributed by atoms with Gasteiger partial charge in [0.2, 0.25) is 5.91 Å². The summed E-state index contributed by atoms with van der Waals surface area (Å²) in [6.07, 6.45) is 1.40. The highest BCUT2D eigenvalue weighted by molar-refractivity contribution is 5.99. The van der Waals surface area contributed by atoms with Crippen molar-refractivity contribution in [1.29, 1.82) is 0 Å². The van der Waals surface area contributed by atoms with Crippen molar-refractivity contribution in [3.05, 3.63) is 24.4 Å². The van der Waals surface area contributed by atoms with Crippen LogP contribution in [0.4, 0.5) is 0 Å². The summed E-state index contributed by atoms with van der Waals surface area (Å²) in [5, 5.41) is 10.1. The SMILES string of the molecule is CC(=O)Oc1cn(C(C)=O)c2cccc(O)c12. The van der Waals surface area contributed by atoms with E-state index in [1.165, 1.54) is 30.7 Å². The van der Waals surface area contributed by atoms with E-state index >= 15 is 0 Å². The van der Waals surface area contributed by atoms with E-state index in [4.69, 9.17) is 4.74 Å². The van der Waals surface area contributed by atoms with Crippen molar-refractivity contribution in [2.45, 2.75) is 13.8 Å². The van der Waals surface area contributed by atoms with E-state index < -0.39 is 5.97 Å². The van der Waals surface area contributed by atoms with E-state index in [0.717, 1.165) is 0 Å². The zero-order valence-electron chi connectivity index (χ0n) is 9.43. The standard InChI is InChI=1S/C12H11NO4/c1-7(14)13-6-11(17-8(2)15)12-9(13)4-3-5-10(12)16/h3-6,16H,1-2H3. The van der Waals surface area contributed by atoms with Gasteiger partial charge in [-0.2, -0.15) is 0 Å². The summed E-state index contributed by atoms with van der Waals surface area (Å²) in [5.41, 5.74) is 0.508. The quantitative estimate of drug-likeness (QED) is 0.764. The van der Waals surface area contributed by atoms with Crippen molar-refractivity contribution in [3.8, 4) is 11.5 Å². The van der Waals surface area contributed by atoms with Crippen LogP contribution in [0.2, 0.25) is 0 Å². The van der Waals surface area contributed by atoms with Gasteiger partial charge in [-0.05, 0) is 12.1 Å². The highest BCUT2D eigenvalue weighted by atomic mass is 16.5. The number of phenolic OH excluding ortho intramolecular Hbond substituents is 1. The van der Waals surface area contributed by atoms with Crippen LogP contribution in [-0.4, -0.2) is 21.6 Å². The molecular formula is C12H11NO4. The molecule has 0 unspecified atom stereocenters. The van der Waals surface area contributed by atoms with Crippen molar-refractivity contribution in [3.63, 3.8) is 0 Å². The van der Waals surface area contributed by atoms with Crippen LogP contribution in [0.25, 0.3) is 10.9 Å². The van der Waals surface area contributed by atoms with Gasteiger partial charge in [-0.3, -0.25) is 14.2 Å². The van der Waals surface area contributed by atoms with Crippen LogP contribution in [-0.2, 0) is 4.79 Å². The molecular weight excluding hydrogens is 222 g/mol. The normalized spacial score (nSPS) is 10.5. The number of aromatic nitrogens is 1. The molecule has 0 bridgehead atoms. The minimum Gasteiger partial charge on any atom is -0.507 e. The maximum atomic E-state index is 11.4. The minimum atomic E-state index is -0.504. The summed E-state index contributed by atoms with van der Waals surface area (Å²) in [4.78, 5) is 22.4. The number of benzene rings is 1. The Morgan fingerprint density at radius 1 is 1.29 bits per heavy atom. The first-order valence-corrected chi connectivity index (χ1v) is 5.03. The second-order valence-corrected chi connectivity index (χ2v) is 3.65. The molecule has 1 N–H and O–H groups in total. The molecule has 2 rings (SSSR count). The maximum absolute atomic E-state index is 11.4. The minimum absolute atomic E-state index is 0.0289. The van der Waals surface area contributed by atoms with Crippen molar-refractivity contribution in [1.82, 2.24) is 4.57 Å². The summed E-state index contributed by atoms with van der Waals surface area (Å²) < 4.78 is 6.29. The Morgan fingerprint density at radius 3 is 2.59 bits per heavy atom. The van der Waals surface area contributed by atoms with Crippen LogP contribution >= 0.6 is 0 Å². The summed E-state index contributed by atoms with van der Waals surface area (Å²) in [6, 6.07) is 4.76. The van der Waals surface area contributed by atoms with Crippen LogP contribution in [0.5, 0.6) is 11.5 Å². The maximum Gasteiger partial charge on any atom is 0.308 e. The Bertz CT molecular complexity index is 612. The van der Waals surface area contributed by atoms with Crippen molar-refractivity contribution in [2.75, 3.05) is 0 Å². The zero-order chi connectivity index (χ0) is 12.6. The number of aromatic hydroxyl groups is 1. The number of hydrogen-bond acceptors (Lipinski definition) is 4. The van der Waals surface area contributed by atoms with E-state index in [-0.39, 0.29) is 17.4 Å². The van der Waals surface area contributed by atoms with Gasteiger partial charge in [0.25, 0.3) is 0 Å². The molecule has 0 aliphatic carbocycles. The van der Waals surface area contributed by atoms with E-state index in [1.54, 1.807) is 12.1 Å². The van der Waals surface area contributed by atoms with Gasteiger partial charge in [0, 0.05) is 13.8 Å². The largest absolute Gasteiger partial charge is 0.507 e. The van der Waals surface area contributed by atoms with E-state index in [1.807, 2.05) is 0 Å². The highest BCUT2D eigenvalue weighted by Gasteiger charge is 2.16. The Kier molecular flexibility index (Phi) is 2.59. The Morgan fingerprint density at radius 2 is 2.00 bits per heavy atom. The van der Waals surface area contributed by atoms with Gasteiger partial charge in [0.15, 0.2) is 5.75 Å². The fourth-order valence-electron chi connectivity index (χ4n) is 1.73. The lowest BCUT2D eigenvalue weighted by Crippen LogP contribution is -2.03. The van der Waals surface area contributed by atoms with Crippen LogP contribution in [0.3, 0.4) is 0 Å². The van der Waals surface area contributed by atoms with Crippen LogP contribution in [0, 0.1) is 0 Å². The molecule has 5 nitrogen and oxygen atoms in total. The number of carbonyl (C=O) groups excluding carboxylic acids is 2. The molecule has 17 heavy (non-hydrogen) atoms. The predicted molar refractivity (Wildman–Crippen MR) is 61.2 cm³/mol. The third kappa shape index (κ3) is 1.87. The molecule has 0 saturated carbocycles. The number of hydrogen-bond donors (Lipinski definition) is 1. The molecule has 0 aliphatic heterocycles. The molecule has 0 fully saturated rings. The monoisotopic (exact) mass is 233 g/mol. The van der Waals surface area contributed by atoms with Crippen LogP contribution < -0.4 is 4.74 Å². The molecule has 0 amide bonds. The lowest BCUT2D eigenvalue weighted by atomic mass is 10.2. The molecule has 0 spiro atoms. The average molecular weight is 233 g/mol. The second kappa shape index (κ2) is 3.93. The molecule has 1 aromatic heterocycles. The molecule has 5 heteroatoms. The fourth-order valence-corrected chi connectivity index (χ4v) is 1.73. The van der Waals surface area contributed by atoms with E-state index in [0.29, 0.717) is 10.9 Å². The summed E-state index contributed by atoms with van der Waals surface area (Å²) >= 11 is 0. The number of rotatable bonds is 1. The predicted octanol–water partition coefficient (Wildman–Crippen LogP) is 1.93. The molecule has 1 aromatic carbocycles. The Balaban J connectivity index is 2.75. The third-order valence-electron chi connectivity index (χ3n) is 2.37. The van der Waals surface area contributed by atoms with Crippen molar-refractivity contribution in [2.24, 2.45) is 0 Å². The summed E-state index contributed by atoms with van der Waals surface area (Å²) in [6.45, 7) is 2.65. The number of ether oxygens (including phenoxy) is 1. The first-order valence-electron chi connectivity index (χ1n) is 5.03. The number of fused-ring (bicyclic) bond motifs is 1. The van der Waals surface area contributed by atoms with Crippen molar-refractivity contribution >= 4 is 22.8 Å². The Labute approximate surface area is 97.2 Å². The molecule has 0 radical (unpaired) electrons. The van der Waals surface area contributed by atoms with Gasteiger partial charge in [0.1, 0.15) is 5.75 Å². The first kappa shape index (κ1) is 11.2. The molecule has 88 valence electrons. The molecule has 2 aromatic rings. The lowest BCUT2D eigenvalue weighted by molar-refractivity contribution is -0.131. The molecule has 0 saturated heterocycles. The zero-order valence-corrected chi connectivity index (χ0v) is 9.43.